The van der Waals surface area contributed by atoms with E-state index in [-0.39, 0.29) is 0 Å². The molecule has 0 unspecified atom stereocenters. The minimum absolute atomic E-state index is 0.538. The lowest BCUT2D eigenvalue weighted by Crippen LogP contribution is -2.11. The Kier molecular flexibility index (Phi) is 6.46. The van der Waals surface area contributed by atoms with Gasteiger partial charge >= 0.3 is 0 Å². The van der Waals surface area contributed by atoms with Crippen molar-refractivity contribution >= 4 is 27.6 Å². The van der Waals surface area contributed by atoms with E-state index in [4.69, 9.17) is 4.98 Å². The van der Waals surface area contributed by atoms with Gasteiger partial charge in [-0.15, -0.1) is 0 Å². The molecule has 1 aliphatic heterocycles. The highest BCUT2D eigenvalue weighted by atomic mass is 15.6. The fourth-order valence-corrected chi connectivity index (χ4v) is 6.17. The monoisotopic (exact) mass is 550 g/mol. The van der Waals surface area contributed by atoms with Gasteiger partial charge in [0.25, 0.3) is 0 Å². The number of aromatic nitrogens is 3. The summed E-state index contributed by atoms with van der Waals surface area (Å²) in [5, 5.41) is 11.6. The van der Waals surface area contributed by atoms with Crippen LogP contribution in [0.2, 0.25) is 0 Å². The number of hydrogen-bond donors (Lipinski definition) is 0. The van der Waals surface area contributed by atoms with Gasteiger partial charge in [0, 0.05) is 41.3 Å². The molecule has 0 saturated carbocycles. The van der Waals surface area contributed by atoms with Gasteiger partial charge in [-0.25, -0.2) is 9.99 Å². The summed E-state index contributed by atoms with van der Waals surface area (Å²) in [5.41, 5.74) is 12.6. The van der Waals surface area contributed by atoms with E-state index in [0.717, 1.165) is 64.3 Å². The molecule has 0 aliphatic carbocycles. The van der Waals surface area contributed by atoms with Crippen molar-refractivity contribution in [1.29, 1.82) is 0 Å². The van der Waals surface area contributed by atoms with Crippen LogP contribution in [0.4, 0.5) is 5.69 Å². The van der Waals surface area contributed by atoms with Crippen molar-refractivity contribution in [3.05, 3.63) is 120 Å². The molecule has 0 fully saturated rings. The third-order valence-electron chi connectivity index (χ3n) is 8.31. The van der Waals surface area contributed by atoms with Crippen LogP contribution in [-0.4, -0.2) is 20.7 Å². The minimum atomic E-state index is 0.538. The molecule has 0 radical (unpaired) electrons. The molecule has 0 spiro atoms. The molecule has 6 nitrogen and oxygen atoms in total. The van der Waals surface area contributed by atoms with Gasteiger partial charge in [-0.3, -0.25) is 0 Å². The molecule has 1 aliphatic rings. The first-order valence-corrected chi connectivity index (χ1v) is 14.6. The van der Waals surface area contributed by atoms with Crippen LogP contribution in [0.25, 0.3) is 44.5 Å². The predicted octanol–water partition coefficient (Wildman–Crippen LogP) is 8.87. The van der Waals surface area contributed by atoms with Crippen LogP contribution in [0.3, 0.4) is 0 Å². The van der Waals surface area contributed by atoms with Gasteiger partial charge in [-0.1, -0.05) is 79.7 Å². The van der Waals surface area contributed by atoms with Crippen molar-refractivity contribution in [2.75, 3.05) is 11.6 Å². The molecule has 0 saturated heterocycles. The Morgan fingerprint density at radius 1 is 0.857 bits per heavy atom. The highest BCUT2D eigenvalue weighted by Gasteiger charge is 2.19. The van der Waals surface area contributed by atoms with Gasteiger partial charge in [-0.2, -0.15) is 5.11 Å². The maximum Gasteiger partial charge on any atom is 0.140 e. The largest absolute Gasteiger partial charge is 0.340 e. The quantitative estimate of drug-likeness (QED) is 0.199. The van der Waals surface area contributed by atoms with Crippen LogP contribution in [-0.2, 0) is 20.0 Å². The lowest BCUT2D eigenvalue weighted by Gasteiger charge is -2.18. The highest BCUT2D eigenvalue weighted by Crippen LogP contribution is 2.36. The van der Waals surface area contributed by atoms with Gasteiger partial charge in [0.2, 0.25) is 0 Å². The van der Waals surface area contributed by atoms with Crippen molar-refractivity contribution < 1.29 is 0 Å². The minimum Gasteiger partial charge on any atom is -0.340 e. The second kappa shape index (κ2) is 10.5. The van der Waals surface area contributed by atoms with Gasteiger partial charge in [-0.05, 0) is 66.4 Å². The van der Waals surface area contributed by atoms with E-state index in [0.29, 0.717) is 6.54 Å². The number of hydrogen-bond acceptors (Lipinski definition) is 4. The number of benzene rings is 4. The number of fused-ring (bicyclic) bond motifs is 2. The lowest BCUT2D eigenvalue weighted by atomic mass is 10.0. The summed E-state index contributed by atoms with van der Waals surface area (Å²) in [6.07, 6.45) is 2.14. The van der Waals surface area contributed by atoms with E-state index in [9.17, 15) is 0 Å². The van der Waals surface area contributed by atoms with Crippen molar-refractivity contribution in [2.45, 2.75) is 33.2 Å². The second-order valence-corrected chi connectivity index (χ2v) is 11.2. The Balaban J connectivity index is 1.27. The fraction of sp³-hybridized carbons (Fsp3) is 0.194. The fourth-order valence-electron chi connectivity index (χ4n) is 6.17. The highest BCUT2D eigenvalue weighted by molar-refractivity contribution is 5.90. The Morgan fingerprint density at radius 3 is 2.40 bits per heavy atom. The average molecular weight is 551 g/mol. The van der Waals surface area contributed by atoms with Gasteiger partial charge < -0.3 is 9.13 Å². The summed E-state index contributed by atoms with van der Waals surface area (Å²) in [6, 6.07) is 32.6. The van der Waals surface area contributed by atoms with Gasteiger partial charge in [0.05, 0.1) is 22.4 Å². The number of aryl methyl sites for hydroxylation is 3. The summed E-state index contributed by atoms with van der Waals surface area (Å²) in [5.74, 6) is 0.995. The number of anilines is 1. The first-order chi connectivity index (χ1) is 20.5. The molecule has 3 heterocycles. The Hall–Kier alpha value is -4.97. The van der Waals surface area contributed by atoms with Crippen molar-refractivity contribution in [3.63, 3.8) is 0 Å². The average Bonchev–Trinajstić information content (AvgIpc) is 3.69. The first kappa shape index (κ1) is 26.0. The van der Waals surface area contributed by atoms with E-state index in [1.54, 1.807) is 0 Å². The number of rotatable bonds is 7. The molecule has 7 rings (SSSR count). The van der Waals surface area contributed by atoms with Crippen LogP contribution < -0.4 is 5.01 Å². The molecule has 0 N–H and O–H groups in total. The van der Waals surface area contributed by atoms with Crippen LogP contribution in [0, 0.1) is 6.92 Å². The zero-order chi connectivity index (χ0) is 28.8. The molecule has 2 aromatic heterocycles. The third-order valence-corrected chi connectivity index (χ3v) is 8.31. The number of nitrogens with zero attached hydrogens (tertiary/aromatic N) is 6. The van der Waals surface area contributed by atoms with E-state index >= 15 is 0 Å². The molecule has 0 amide bonds. The molecular weight excluding hydrogens is 516 g/mol. The zero-order valence-corrected chi connectivity index (χ0v) is 24.4. The van der Waals surface area contributed by atoms with Crippen molar-refractivity contribution in [1.82, 2.24) is 14.1 Å². The predicted molar refractivity (Wildman–Crippen MR) is 173 cm³/mol. The Morgan fingerprint density at radius 2 is 1.64 bits per heavy atom. The topological polar surface area (TPSA) is 50.7 Å². The molecule has 208 valence electrons. The van der Waals surface area contributed by atoms with Gasteiger partial charge in [0.1, 0.15) is 12.4 Å². The summed E-state index contributed by atoms with van der Waals surface area (Å²) in [6.45, 7) is 9.94. The van der Waals surface area contributed by atoms with Crippen LogP contribution in [0.15, 0.2) is 114 Å². The van der Waals surface area contributed by atoms with E-state index in [1.807, 2.05) is 17.1 Å². The molecule has 6 aromatic rings. The molecule has 42 heavy (non-hydrogen) atoms. The number of imidazole rings is 1. The lowest BCUT2D eigenvalue weighted by molar-refractivity contribution is 0.746. The maximum atomic E-state index is 5.00. The van der Waals surface area contributed by atoms with Crippen LogP contribution in [0.5, 0.6) is 0 Å². The SMILES string of the molecule is C=C1CN=NN1c1ccccc1-c1ccc(Cn2c(CCC)cc3c(C)cc(-c4nc5ccccc5n4C)cc32)cc1. The van der Waals surface area contributed by atoms with Crippen molar-refractivity contribution in [3.8, 4) is 22.5 Å². The third kappa shape index (κ3) is 4.40. The van der Waals surface area contributed by atoms with Crippen LogP contribution >= 0.6 is 0 Å². The maximum absolute atomic E-state index is 5.00. The smallest absolute Gasteiger partial charge is 0.140 e. The Labute approximate surface area is 246 Å². The summed E-state index contributed by atoms with van der Waals surface area (Å²) in [7, 11) is 2.11. The standard InChI is InChI=1S/C36H34N6/c1-5-10-29-21-31-24(2)19-28(36-38-32-12-7-9-14-34(32)40(36)4)20-35(31)41(29)23-26-15-17-27(18-16-26)30-11-6-8-13-33(30)42-25(3)22-37-39-42/h6-9,11-21H,3,5,10,22-23H2,1-2,4H3. The second-order valence-electron chi connectivity index (χ2n) is 11.2. The summed E-state index contributed by atoms with van der Waals surface area (Å²) in [4.78, 5) is 5.00. The normalized spacial score (nSPS) is 13.2. The molecule has 6 heteroatoms. The first-order valence-electron chi connectivity index (χ1n) is 14.6. The van der Waals surface area contributed by atoms with E-state index in [1.165, 1.54) is 27.7 Å². The summed E-state index contributed by atoms with van der Waals surface area (Å²) >= 11 is 0. The number of para-hydroxylation sites is 3. The van der Waals surface area contributed by atoms with E-state index < -0.39 is 0 Å². The molecule has 0 atom stereocenters. The summed E-state index contributed by atoms with van der Waals surface area (Å²) < 4.78 is 4.70. The molecule has 4 aromatic carbocycles. The zero-order valence-electron chi connectivity index (χ0n) is 24.4. The van der Waals surface area contributed by atoms with Gasteiger partial charge in [0.15, 0.2) is 0 Å². The molecular formula is C36H34N6. The van der Waals surface area contributed by atoms with E-state index in [2.05, 4.69) is 126 Å². The Bertz CT molecular complexity index is 1990. The van der Waals surface area contributed by atoms with Crippen LogP contribution in [0.1, 0.15) is 30.2 Å². The molecule has 0 bridgehead atoms. The van der Waals surface area contributed by atoms with Crippen molar-refractivity contribution in [2.24, 2.45) is 17.4 Å².